The molecule has 0 fully saturated rings. The van der Waals surface area contributed by atoms with Crippen LogP contribution in [0.5, 0.6) is 5.75 Å². The summed E-state index contributed by atoms with van der Waals surface area (Å²) < 4.78 is 5.90. The van der Waals surface area contributed by atoms with Crippen molar-refractivity contribution in [2.75, 3.05) is 6.61 Å². The average molecular weight is 266 g/mol. The Morgan fingerprint density at radius 1 is 1.05 bits per heavy atom. The number of ether oxygens (including phenoxy) is 1. The monoisotopic (exact) mass is 266 g/mol. The van der Waals surface area contributed by atoms with Crippen LogP contribution < -0.4 is 4.74 Å². The van der Waals surface area contributed by atoms with E-state index in [9.17, 15) is 0 Å². The lowest BCUT2D eigenvalue weighted by Crippen LogP contribution is -2.04. The first kappa shape index (κ1) is 13.2. The molecule has 0 aliphatic carbocycles. The maximum Gasteiger partial charge on any atom is 0.123 e. The van der Waals surface area contributed by atoms with Crippen molar-refractivity contribution in [2.24, 2.45) is 0 Å². The molecule has 2 aromatic carbocycles. The van der Waals surface area contributed by atoms with Crippen LogP contribution in [0.3, 0.4) is 0 Å². The molecule has 0 radical (unpaired) electrons. The Bertz CT molecular complexity index is 623. The van der Waals surface area contributed by atoms with E-state index in [1.807, 2.05) is 0 Å². The van der Waals surface area contributed by atoms with Crippen molar-refractivity contribution in [2.45, 2.75) is 39.5 Å². The Balaban J connectivity index is 1.98. The Morgan fingerprint density at radius 2 is 1.75 bits per heavy atom. The Hall–Kier alpha value is -1.76. The van der Waals surface area contributed by atoms with Gasteiger partial charge in [0.15, 0.2) is 0 Å². The van der Waals surface area contributed by atoms with E-state index in [4.69, 9.17) is 4.74 Å². The molecule has 1 heterocycles. The zero-order valence-electron chi connectivity index (χ0n) is 12.7. The van der Waals surface area contributed by atoms with Crippen LogP contribution in [0.25, 0.3) is 0 Å². The molecule has 0 N–H and O–H groups in total. The van der Waals surface area contributed by atoms with Crippen LogP contribution in [0.15, 0.2) is 36.4 Å². The second-order valence-electron chi connectivity index (χ2n) is 6.18. The van der Waals surface area contributed by atoms with Crippen LogP contribution in [0, 0.1) is 13.8 Å². The highest BCUT2D eigenvalue weighted by molar-refractivity contribution is 5.52. The second-order valence-corrected chi connectivity index (χ2v) is 6.18. The summed E-state index contributed by atoms with van der Waals surface area (Å²) in [6, 6.07) is 13.4. The van der Waals surface area contributed by atoms with Crippen LogP contribution in [0.1, 0.15) is 53.5 Å². The van der Waals surface area contributed by atoms with Gasteiger partial charge in [-0.2, -0.15) is 0 Å². The number of rotatable bonds is 2. The van der Waals surface area contributed by atoms with E-state index in [0.29, 0.717) is 11.8 Å². The van der Waals surface area contributed by atoms with E-state index < -0.39 is 0 Å². The number of benzene rings is 2. The number of aryl methyl sites for hydroxylation is 2. The van der Waals surface area contributed by atoms with E-state index in [1.165, 1.54) is 27.8 Å². The van der Waals surface area contributed by atoms with Crippen molar-refractivity contribution in [3.63, 3.8) is 0 Å². The first-order chi connectivity index (χ1) is 9.56. The summed E-state index contributed by atoms with van der Waals surface area (Å²) in [7, 11) is 0. The average Bonchev–Trinajstić information content (AvgIpc) is 2.82. The molecule has 3 rings (SSSR count). The van der Waals surface area contributed by atoms with E-state index in [0.717, 1.165) is 12.4 Å². The lowest BCUT2D eigenvalue weighted by atomic mass is 9.88. The lowest BCUT2D eigenvalue weighted by Gasteiger charge is -2.14. The van der Waals surface area contributed by atoms with E-state index in [2.05, 4.69) is 64.1 Å². The number of fused-ring (bicyclic) bond motifs is 1. The summed E-state index contributed by atoms with van der Waals surface area (Å²) in [6.07, 6.45) is 0. The fourth-order valence-corrected chi connectivity index (χ4v) is 3.14. The van der Waals surface area contributed by atoms with Crippen LogP contribution in [-0.2, 0) is 0 Å². The van der Waals surface area contributed by atoms with Crippen molar-refractivity contribution in [1.82, 2.24) is 0 Å². The van der Waals surface area contributed by atoms with Crippen LogP contribution in [-0.4, -0.2) is 6.61 Å². The molecule has 1 aliphatic rings. The maximum absolute atomic E-state index is 5.90. The molecule has 1 atom stereocenters. The van der Waals surface area contributed by atoms with Crippen molar-refractivity contribution in [3.8, 4) is 5.75 Å². The van der Waals surface area contributed by atoms with Gasteiger partial charge in [-0.25, -0.2) is 0 Å². The van der Waals surface area contributed by atoms with E-state index >= 15 is 0 Å². The molecule has 0 unspecified atom stereocenters. The van der Waals surface area contributed by atoms with Gasteiger partial charge in [0.2, 0.25) is 0 Å². The van der Waals surface area contributed by atoms with Crippen molar-refractivity contribution in [3.05, 3.63) is 64.2 Å². The SMILES string of the molecule is Cc1cc(C)c2c(c1)OC[C@H]2c1ccc(C(C)C)cc1. The smallest absolute Gasteiger partial charge is 0.123 e. The maximum atomic E-state index is 5.90. The van der Waals surface area contributed by atoms with E-state index in [-0.39, 0.29) is 0 Å². The number of hydrogen-bond donors (Lipinski definition) is 0. The molecular weight excluding hydrogens is 244 g/mol. The zero-order valence-corrected chi connectivity index (χ0v) is 12.7. The summed E-state index contributed by atoms with van der Waals surface area (Å²) >= 11 is 0. The fourth-order valence-electron chi connectivity index (χ4n) is 3.14. The Kier molecular flexibility index (Phi) is 3.29. The van der Waals surface area contributed by atoms with Gasteiger partial charge in [-0.3, -0.25) is 0 Å². The molecule has 1 nitrogen and oxygen atoms in total. The van der Waals surface area contributed by atoms with Crippen molar-refractivity contribution >= 4 is 0 Å². The summed E-state index contributed by atoms with van der Waals surface area (Å²) in [4.78, 5) is 0. The van der Waals surface area contributed by atoms with Gasteiger partial charge in [-0.1, -0.05) is 44.2 Å². The summed E-state index contributed by atoms with van der Waals surface area (Å²) in [5.74, 6) is 2.03. The molecular formula is C19H22O. The highest BCUT2D eigenvalue weighted by Crippen LogP contribution is 2.41. The third kappa shape index (κ3) is 2.22. The first-order valence-corrected chi connectivity index (χ1v) is 7.40. The van der Waals surface area contributed by atoms with Gasteiger partial charge in [0.05, 0.1) is 6.61 Å². The minimum Gasteiger partial charge on any atom is -0.492 e. The first-order valence-electron chi connectivity index (χ1n) is 7.40. The predicted molar refractivity (Wildman–Crippen MR) is 83.8 cm³/mol. The predicted octanol–water partition coefficient (Wildman–Crippen LogP) is 4.95. The van der Waals surface area contributed by atoms with E-state index in [1.54, 1.807) is 0 Å². The quantitative estimate of drug-likeness (QED) is 0.747. The van der Waals surface area contributed by atoms with Crippen LogP contribution in [0.2, 0.25) is 0 Å². The molecule has 0 saturated carbocycles. The van der Waals surface area contributed by atoms with Gasteiger partial charge in [0.1, 0.15) is 5.75 Å². The van der Waals surface area contributed by atoms with Gasteiger partial charge in [-0.05, 0) is 48.1 Å². The molecule has 0 aromatic heterocycles. The molecule has 0 saturated heterocycles. The molecule has 104 valence electrons. The van der Waals surface area contributed by atoms with Gasteiger partial charge < -0.3 is 4.74 Å². The second kappa shape index (κ2) is 4.97. The molecule has 0 amide bonds. The molecule has 0 bridgehead atoms. The lowest BCUT2D eigenvalue weighted by molar-refractivity contribution is 0.343. The Labute approximate surface area is 121 Å². The van der Waals surface area contributed by atoms with Crippen LogP contribution in [0.4, 0.5) is 0 Å². The Morgan fingerprint density at radius 3 is 2.40 bits per heavy atom. The minimum absolute atomic E-state index is 0.381. The van der Waals surface area contributed by atoms with Crippen molar-refractivity contribution < 1.29 is 4.74 Å². The fraction of sp³-hybridized carbons (Fsp3) is 0.368. The normalized spacial score (nSPS) is 17.1. The molecule has 0 spiro atoms. The van der Waals surface area contributed by atoms with Gasteiger partial charge in [0.25, 0.3) is 0 Å². The topological polar surface area (TPSA) is 9.23 Å². The van der Waals surface area contributed by atoms with Crippen molar-refractivity contribution in [1.29, 1.82) is 0 Å². The molecule has 2 aromatic rings. The molecule has 20 heavy (non-hydrogen) atoms. The van der Waals surface area contributed by atoms with Crippen LogP contribution >= 0.6 is 0 Å². The third-order valence-electron chi connectivity index (χ3n) is 4.25. The summed E-state index contributed by atoms with van der Waals surface area (Å²) in [5, 5.41) is 0. The summed E-state index contributed by atoms with van der Waals surface area (Å²) in [6.45, 7) is 9.55. The third-order valence-corrected chi connectivity index (χ3v) is 4.25. The largest absolute Gasteiger partial charge is 0.492 e. The minimum atomic E-state index is 0.381. The standard InChI is InChI=1S/C19H22O/c1-12(2)15-5-7-16(8-6-15)17-11-20-18-10-13(3)9-14(4)19(17)18/h5-10,12,17H,11H2,1-4H3/t17-/m0/s1. The highest BCUT2D eigenvalue weighted by atomic mass is 16.5. The molecule has 1 heteroatoms. The zero-order chi connectivity index (χ0) is 14.3. The van der Waals surface area contributed by atoms with Gasteiger partial charge in [-0.15, -0.1) is 0 Å². The van der Waals surface area contributed by atoms with Gasteiger partial charge in [0, 0.05) is 11.5 Å². The van der Waals surface area contributed by atoms with Gasteiger partial charge >= 0.3 is 0 Å². The highest BCUT2D eigenvalue weighted by Gasteiger charge is 2.27. The number of hydrogen-bond acceptors (Lipinski definition) is 1. The molecule has 1 aliphatic heterocycles. The summed E-state index contributed by atoms with van der Waals surface area (Å²) in [5.41, 5.74) is 6.74.